The van der Waals surface area contributed by atoms with E-state index in [0.717, 1.165) is 19.4 Å². The van der Waals surface area contributed by atoms with Crippen molar-refractivity contribution in [1.29, 1.82) is 0 Å². The molecular weight excluding hydrogens is 196 g/mol. The van der Waals surface area contributed by atoms with Gasteiger partial charge in [-0.1, -0.05) is 11.8 Å². The Kier molecular flexibility index (Phi) is 10.4. The maximum absolute atomic E-state index is 9.96. The van der Waals surface area contributed by atoms with Gasteiger partial charge < -0.3 is 9.84 Å². The number of nitrogens with zero attached hydrogens (tertiary/aromatic N) is 2. The minimum Gasteiger partial charge on any atom is -0.502 e. The number of rotatable bonds is 11. The summed E-state index contributed by atoms with van der Waals surface area (Å²) in [7, 11) is 0. The average Bonchev–Trinajstić information content (AvgIpc) is 2.25. The molecule has 0 fully saturated rings. The monoisotopic (exact) mass is 216 g/mol. The van der Waals surface area contributed by atoms with E-state index in [9.17, 15) is 4.91 Å². The molecule has 5 nitrogen and oxygen atoms in total. The number of hydrogen-bond donors (Lipinski definition) is 1. The fourth-order valence-corrected chi connectivity index (χ4v) is 1.26. The summed E-state index contributed by atoms with van der Waals surface area (Å²) in [6.07, 6.45) is 3.36. The van der Waals surface area contributed by atoms with Crippen LogP contribution in [0.1, 0.15) is 12.8 Å². The Balaban J connectivity index is 3.46. The molecule has 0 rings (SSSR count). The second-order valence-corrected chi connectivity index (χ2v) is 3.16. The van der Waals surface area contributed by atoms with Crippen molar-refractivity contribution in [2.75, 3.05) is 39.4 Å². The Hall–Kier alpha value is -0.940. The van der Waals surface area contributed by atoms with E-state index in [1.54, 1.807) is 0 Å². The number of ether oxygens (including phenoxy) is 1. The lowest BCUT2D eigenvalue weighted by molar-refractivity contribution is 0.187. The van der Waals surface area contributed by atoms with Gasteiger partial charge in [0.05, 0.1) is 26.0 Å². The van der Waals surface area contributed by atoms with Crippen LogP contribution in [0.3, 0.4) is 0 Å². The van der Waals surface area contributed by atoms with Crippen molar-refractivity contribution in [2.24, 2.45) is 5.18 Å². The van der Waals surface area contributed by atoms with Gasteiger partial charge in [-0.2, -0.15) is 4.91 Å². The molecule has 0 aliphatic heterocycles. The summed E-state index contributed by atoms with van der Waals surface area (Å²) in [5.41, 5.74) is 0. The SMILES string of the molecule is C=COCCCCN(CCO)CCN=O. The second kappa shape index (κ2) is 11.1. The van der Waals surface area contributed by atoms with Gasteiger partial charge in [-0.25, -0.2) is 0 Å². The summed E-state index contributed by atoms with van der Waals surface area (Å²) in [5, 5.41) is 11.6. The first kappa shape index (κ1) is 14.1. The predicted octanol–water partition coefficient (Wildman–Crippen LogP) is 0.987. The molecule has 0 spiro atoms. The van der Waals surface area contributed by atoms with Gasteiger partial charge in [0.2, 0.25) is 0 Å². The van der Waals surface area contributed by atoms with Crippen LogP contribution in [0.2, 0.25) is 0 Å². The maximum atomic E-state index is 9.96. The number of hydrogen-bond acceptors (Lipinski definition) is 5. The van der Waals surface area contributed by atoms with Crippen LogP contribution in [-0.4, -0.2) is 49.4 Å². The molecular formula is C10H20N2O3. The van der Waals surface area contributed by atoms with Crippen molar-refractivity contribution in [1.82, 2.24) is 4.90 Å². The largest absolute Gasteiger partial charge is 0.502 e. The lowest BCUT2D eigenvalue weighted by atomic mass is 10.3. The number of aliphatic hydroxyl groups is 1. The van der Waals surface area contributed by atoms with Crippen LogP contribution < -0.4 is 0 Å². The molecule has 5 heteroatoms. The highest BCUT2D eigenvalue weighted by atomic mass is 16.5. The second-order valence-electron chi connectivity index (χ2n) is 3.16. The number of aliphatic hydroxyl groups excluding tert-OH is 1. The van der Waals surface area contributed by atoms with Gasteiger partial charge in [0.1, 0.15) is 0 Å². The highest BCUT2D eigenvalue weighted by Crippen LogP contribution is 1.96. The van der Waals surface area contributed by atoms with Crippen molar-refractivity contribution in [2.45, 2.75) is 12.8 Å². The highest BCUT2D eigenvalue weighted by Gasteiger charge is 2.03. The van der Waals surface area contributed by atoms with Crippen LogP contribution in [0.5, 0.6) is 0 Å². The van der Waals surface area contributed by atoms with E-state index in [1.807, 2.05) is 4.90 Å². The summed E-state index contributed by atoms with van der Waals surface area (Å²) in [4.78, 5) is 12.0. The minimum atomic E-state index is 0.113. The lowest BCUT2D eigenvalue weighted by Crippen LogP contribution is -2.30. The third kappa shape index (κ3) is 9.37. The van der Waals surface area contributed by atoms with Crippen LogP contribution in [-0.2, 0) is 4.74 Å². The van der Waals surface area contributed by atoms with E-state index in [4.69, 9.17) is 9.84 Å². The van der Waals surface area contributed by atoms with Gasteiger partial charge in [0, 0.05) is 13.1 Å². The van der Waals surface area contributed by atoms with Gasteiger partial charge in [-0.15, -0.1) is 0 Å². The molecule has 0 aliphatic rings. The van der Waals surface area contributed by atoms with Gasteiger partial charge in [-0.05, 0) is 19.4 Å². The molecule has 0 amide bonds. The summed E-state index contributed by atoms with van der Waals surface area (Å²) >= 11 is 0. The Morgan fingerprint density at radius 2 is 2.13 bits per heavy atom. The zero-order valence-electron chi connectivity index (χ0n) is 9.10. The number of unbranched alkanes of at least 4 members (excludes halogenated alkanes) is 1. The topological polar surface area (TPSA) is 62.1 Å². The standard InChI is InChI=1S/C10H20N2O3/c1-2-15-10-4-3-6-12(8-9-13)7-5-11-14/h2,13H,1,3-10H2. The van der Waals surface area contributed by atoms with E-state index in [-0.39, 0.29) is 13.2 Å². The van der Waals surface area contributed by atoms with E-state index in [2.05, 4.69) is 11.8 Å². The van der Waals surface area contributed by atoms with Gasteiger partial charge in [-0.3, -0.25) is 4.90 Å². The molecule has 0 saturated carbocycles. The van der Waals surface area contributed by atoms with E-state index in [0.29, 0.717) is 19.7 Å². The molecule has 0 atom stereocenters. The normalized spacial score (nSPS) is 10.3. The first-order valence-electron chi connectivity index (χ1n) is 5.20. The highest BCUT2D eigenvalue weighted by molar-refractivity contribution is 4.59. The quantitative estimate of drug-likeness (QED) is 0.318. The fourth-order valence-electron chi connectivity index (χ4n) is 1.26. The molecule has 88 valence electrons. The molecule has 1 N–H and O–H groups in total. The van der Waals surface area contributed by atoms with Gasteiger partial charge in [0.15, 0.2) is 0 Å². The van der Waals surface area contributed by atoms with Crippen molar-refractivity contribution >= 4 is 0 Å². The molecule has 0 unspecified atom stereocenters. The third-order valence-corrected chi connectivity index (χ3v) is 2.03. The molecule has 0 aromatic heterocycles. The summed E-state index contributed by atoms with van der Waals surface area (Å²) < 4.78 is 4.98. The fraction of sp³-hybridized carbons (Fsp3) is 0.800. The number of nitroso groups, excluding NO2 is 1. The van der Waals surface area contributed by atoms with E-state index in [1.165, 1.54) is 6.26 Å². The Morgan fingerprint density at radius 3 is 2.73 bits per heavy atom. The van der Waals surface area contributed by atoms with Crippen LogP contribution >= 0.6 is 0 Å². The minimum absolute atomic E-state index is 0.113. The van der Waals surface area contributed by atoms with Crippen molar-refractivity contribution in [3.8, 4) is 0 Å². The molecule has 0 bridgehead atoms. The van der Waals surface area contributed by atoms with Gasteiger partial charge >= 0.3 is 0 Å². The van der Waals surface area contributed by atoms with Gasteiger partial charge in [0.25, 0.3) is 0 Å². The van der Waals surface area contributed by atoms with Crippen LogP contribution in [0.4, 0.5) is 0 Å². The zero-order valence-corrected chi connectivity index (χ0v) is 9.10. The zero-order chi connectivity index (χ0) is 11.4. The molecule has 0 aliphatic carbocycles. The van der Waals surface area contributed by atoms with Crippen molar-refractivity contribution in [3.63, 3.8) is 0 Å². The third-order valence-electron chi connectivity index (χ3n) is 2.03. The maximum Gasteiger partial charge on any atom is 0.0938 e. The van der Waals surface area contributed by atoms with Crippen LogP contribution in [0.25, 0.3) is 0 Å². The smallest absolute Gasteiger partial charge is 0.0938 e. The Bertz CT molecular complexity index is 165. The molecule has 0 aromatic carbocycles. The van der Waals surface area contributed by atoms with Crippen molar-refractivity contribution in [3.05, 3.63) is 17.7 Å². The first-order valence-corrected chi connectivity index (χ1v) is 5.20. The van der Waals surface area contributed by atoms with Crippen LogP contribution in [0.15, 0.2) is 18.0 Å². The first-order chi connectivity index (χ1) is 7.35. The molecule has 0 heterocycles. The lowest BCUT2D eigenvalue weighted by Gasteiger charge is -2.19. The van der Waals surface area contributed by atoms with E-state index < -0.39 is 0 Å². The summed E-state index contributed by atoms with van der Waals surface area (Å²) in [6.45, 7) is 6.58. The molecule has 0 saturated heterocycles. The molecule has 0 aromatic rings. The summed E-state index contributed by atoms with van der Waals surface area (Å²) in [5.74, 6) is 0. The molecule has 0 radical (unpaired) electrons. The Labute approximate surface area is 90.7 Å². The predicted molar refractivity (Wildman–Crippen MR) is 59.6 cm³/mol. The molecule has 15 heavy (non-hydrogen) atoms. The van der Waals surface area contributed by atoms with Crippen molar-refractivity contribution < 1.29 is 9.84 Å². The summed E-state index contributed by atoms with van der Waals surface area (Å²) in [6, 6.07) is 0. The van der Waals surface area contributed by atoms with E-state index >= 15 is 0 Å². The average molecular weight is 216 g/mol. The van der Waals surface area contributed by atoms with Crippen LogP contribution in [0, 0.1) is 4.91 Å². The Morgan fingerprint density at radius 1 is 1.33 bits per heavy atom.